The number of unbranched alkanes of at least 4 members (excludes halogenated alkanes) is 16. The lowest BCUT2D eigenvalue weighted by Crippen LogP contribution is -2.28. The molecule has 0 aromatic carbocycles. The minimum Gasteiger partial charge on any atom is -0.462 e. The van der Waals surface area contributed by atoms with Crippen LogP contribution < -0.4 is 0 Å². The summed E-state index contributed by atoms with van der Waals surface area (Å²) in [5, 5.41) is 0. The summed E-state index contributed by atoms with van der Waals surface area (Å²) in [5.41, 5.74) is 0. The van der Waals surface area contributed by atoms with Gasteiger partial charge in [-0.1, -0.05) is 130 Å². The smallest absolute Gasteiger partial charge is 0.309 e. The quantitative estimate of drug-likeness (QED) is 0.0638. The van der Waals surface area contributed by atoms with Gasteiger partial charge in [0, 0.05) is 6.42 Å². The zero-order valence-electron chi connectivity index (χ0n) is 27.6. The van der Waals surface area contributed by atoms with Crippen molar-refractivity contribution in [1.29, 1.82) is 0 Å². The highest BCUT2D eigenvalue weighted by Crippen LogP contribution is 2.21. The zero-order valence-corrected chi connectivity index (χ0v) is 27.6. The van der Waals surface area contributed by atoms with E-state index in [0.29, 0.717) is 6.42 Å². The van der Waals surface area contributed by atoms with Crippen molar-refractivity contribution in [3.05, 3.63) is 0 Å². The van der Waals surface area contributed by atoms with Crippen LogP contribution in [0.25, 0.3) is 0 Å². The molecule has 0 aliphatic heterocycles. The number of hydrogen-bond donors (Lipinski definition) is 0. The number of hydrogen-bond acceptors (Lipinski definition) is 5. The molecule has 0 saturated heterocycles. The van der Waals surface area contributed by atoms with Crippen LogP contribution >= 0.6 is 0 Å². The summed E-state index contributed by atoms with van der Waals surface area (Å²) in [6, 6.07) is 0. The van der Waals surface area contributed by atoms with Crippen LogP contribution in [-0.4, -0.2) is 50.2 Å². The molecule has 0 aromatic rings. The molecule has 0 fully saturated rings. The Hall–Kier alpha value is -1.10. The summed E-state index contributed by atoms with van der Waals surface area (Å²) < 4.78 is 11.7. The third-order valence-corrected chi connectivity index (χ3v) is 7.97. The molecule has 0 amide bonds. The van der Waals surface area contributed by atoms with Crippen molar-refractivity contribution >= 4 is 11.9 Å². The maximum Gasteiger partial charge on any atom is 0.309 e. The van der Waals surface area contributed by atoms with Crippen LogP contribution in [0.15, 0.2) is 0 Å². The highest BCUT2D eigenvalue weighted by molar-refractivity contribution is 5.72. The molecule has 1 unspecified atom stereocenters. The molecular weight excluding hydrogens is 498 g/mol. The Morgan fingerprint density at radius 1 is 0.575 bits per heavy atom. The van der Waals surface area contributed by atoms with Crippen LogP contribution in [0, 0.1) is 5.92 Å². The summed E-state index contributed by atoms with van der Waals surface area (Å²) >= 11 is 0. The van der Waals surface area contributed by atoms with Gasteiger partial charge in [0.2, 0.25) is 0 Å². The number of carbonyl (C=O) groups excluding carboxylic acids is 2. The van der Waals surface area contributed by atoms with E-state index in [1.165, 1.54) is 83.5 Å². The summed E-state index contributed by atoms with van der Waals surface area (Å²) in [7, 11) is 4.15. The third kappa shape index (κ3) is 25.8. The predicted molar refractivity (Wildman–Crippen MR) is 171 cm³/mol. The van der Waals surface area contributed by atoms with E-state index in [2.05, 4.69) is 39.8 Å². The average Bonchev–Trinajstić information content (AvgIpc) is 2.93. The number of carbonyl (C=O) groups is 2. The van der Waals surface area contributed by atoms with E-state index < -0.39 is 0 Å². The molecule has 238 valence electrons. The van der Waals surface area contributed by atoms with Gasteiger partial charge in [0.15, 0.2) is 0 Å². The van der Waals surface area contributed by atoms with Gasteiger partial charge in [-0.05, 0) is 59.2 Å². The Kier molecular flexibility index (Phi) is 28.6. The first-order valence-corrected chi connectivity index (χ1v) is 17.4. The fourth-order valence-electron chi connectivity index (χ4n) is 5.29. The first-order valence-electron chi connectivity index (χ1n) is 17.4. The van der Waals surface area contributed by atoms with Crippen molar-refractivity contribution in [2.24, 2.45) is 5.92 Å². The SMILES string of the molecule is CCCCCCCCCCCC(COC(=O)C(CCCCCC)CCCCCC)OC(=O)CCCCCN(C)C. The molecule has 5 nitrogen and oxygen atoms in total. The second-order valence-electron chi connectivity index (χ2n) is 12.4. The normalized spacial score (nSPS) is 12.3. The molecule has 0 saturated carbocycles. The van der Waals surface area contributed by atoms with Crippen molar-refractivity contribution in [3.8, 4) is 0 Å². The zero-order chi connectivity index (χ0) is 29.7. The molecule has 0 N–H and O–H groups in total. The van der Waals surface area contributed by atoms with Gasteiger partial charge < -0.3 is 14.4 Å². The highest BCUT2D eigenvalue weighted by atomic mass is 16.6. The van der Waals surface area contributed by atoms with Gasteiger partial charge >= 0.3 is 11.9 Å². The largest absolute Gasteiger partial charge is 0.462 e. The minimum absolute atomic E-state index is 0.0190. The van der Waals surface area contributed by atoms with Crippen LogP contribution in [-0.2, 0) is 19.1 Å². The van der Waals surface area contributed by atoms with E-state index >= 15 is 0 Å². The molecule has 0 aromatic heterocycles. The van der Waals surface area contributed by atoms with Gasteiger partial charge in [0.25, 0.3) is 0 Å². The summed E-state index contributed by atoms with van der Waals surface area (Å²) in [4.78, 5) is 27.9. The minimum atomic E-state index is -0.316. The lowest BCUT2D eigenvalue weighted by atomic mass is 9.94. The second-order valence-corrected chi connectivity index (χ2v) is 12.4. The standard InChI is InChI=1S/C35H69NO4/c1-6-9-12-15-16-17-18-19-23-28-33(40-34(37)29-24-20-25-30-36(4)5)31-39-35(38)32(26-21-13-10-7-2)27-22-14-11-8-3/h32-33H,6-31H2,1-5H3. The third-order valence-electron chi connectivity index (χ3n) is 7.97. The summed E-state index contributed by atoms with van der Waals surface area (Å²) in [6.45, 7) is 7.95. The van der Waals surface area contributed by atoms with E-state index in [0.717, 1.165) is 70.8 Å². The number of ether oxygens (including phenoxy) is 2. The van der Waals surface area contributed by atoms with E-state index in [4.69, 9.17) is 9.47 Å². The Bertz CT molecular complexity index is 554. The molecular formula is C35H69NO4. The van der Waals surface area contributed by atoms with Crippen LogP contribution in [0.5, 0.6) is 0 Å². The van der Waals surface area contributed by atoms with Crippen molar-refractivity contribution < 1.29 is 19.1 Å². The number of esters is 2. The van der Waals surface area contributed by atoms with Crippen molar-refractivity contribution in [2.75, 3.05) is 27.2 Å². The molecule has 0 bridgehead atoms. The monoisotopic (exact) mass is 568 g/mol. The fraction of sp³-hybridized carbons (Fsp3) is 0.943. The predicted octanol–water partition coefficient (Wildman–Crippen LogP) is 10.0. The average molecular weight is 568 g/mol. The molecule has 0 aliphatic carbocycles. The second kappa shape index (κ2) is 29.4. The van der Waals surface area contributed by atoms with Crippen molar-refractivity contribution in [1.82, 2.24) is 4.90 Å². The fourth-order valence-corrected chi connectivity index (χ4v) is 5.29. The van der Waals surface area contributed by atoms with Gasteiger partial charge in [-0.15, -0.1) is 0 Å². The van der Waals surface area contributed by atoms with Crippen LogP contribution in [0.3, 0.4) is 0 Å². The molecule has 0 radical (unpaired) electrons. The van der Waals surface area contributed by atoms with E-state index in [1.807, 2.05) is 0 Å². The first-order chi connectivity index (χ1) is 19.4. The molecule has 40 heavy (non-hydrogen) atoms. The van der Waals surface area contributed by atoms with Gasteiger partial charge in [-0.25, -0.2) is 0 Å². The van der Waals surface area contributed by atoms with Gasteiger partial charge in [0.05, 0.1) is 5.92 Å². The summed E-state index contributed by atoms with van der Waals surface area (Å²) in [5.74, 6) is -0.239. The van der Waals surface area contributed by atoms with Crippen molar-refractivity contribution in [2.45, 2.75) is 181 Å². The van der Waals surface area contributed by atoms with Crippen LogP contribution in [0.2, 0.25) is 0 Å². The van der Waals surface area contributed by atoms with Crippen LogP contribution in [0.1, 0.15) is 175 Å². The topological polar surface area (TPSA) is 55.8 Å². The van der Waals surface area contributed by atoms with Gasteiger partial charge in [0.1, 0.15) is 12.7 Å². The molecule has 5 heteroatoms. The highest BCUT2D eigenvalue weighted by Gasteiger charge is 2.22. The number of rotatable bonds is 30. The van der Waals surface area contributed by atoms with Gasteiger partial charge in [-0.2, -0.15) is 0 Å². The van der Waals surface area contributed by atoms with Crippen molar-refractivity contribution in [3.63, 3.8) is 0 Å². The van der Waals surface area contributed by atoms with Crippen LogP contribution in [0.4, 0.5) is 0 Å². The van der Waals surface area contributed by atoms with E-state index in [9.17, 15) is 9.59 Å². The maximum atomic E-state index is 13.1. The summed E-state index contributed by atoms with van der Waals surface area (Å²) in [6.07, 6.45) is 26.5. The Morgan fingerprint density at radius 3 is 1.55 bits per heavy atom. The van der Waals surface area contributed by atoms with Gasteiger partial charge in [-0.3, -0.25) is 9.59 Å². The lowest BCUT2D eigenvalue weighted by Gasteiger charge is -2.21. The maximum absolute atomic E-state index is 13.1. The molecule has 0 rings (SSSR count). The van der Waals surface area contributed by atoms with E-state index in [-0.39, 0.29) is 30.6 Å². The lowest BCUT2D eigenvalue weighted by molar-refractivity contribution is -0.162. The Balaban J connectivity index is 4.74. The number of nitrogens with zero attached hydrogens (tertiary/aromatic N) is 1. The molecule has 0 aliphatic rings. The first kappa shape index (κ1) is 38.9. The molecule has 0 spiro atoms. The Morgan fingerprint density at radius 2 is 1.02 bits per heavy atom. The molecule has 0 heterocycles. The molecule has 1 atom stereocenters. The van der Waals surface area contributed by atoms with E-state index in [1.54, 1.807) is 0 Å². The Labute approximate surface area is 249 Å².